The smallest absolute Gasteiger partial charge is 0.163 e. The van der Waals surface area contributed by atoms with Gasteiger partial charge in [-0.25, -0.2) is 4.99 Å². The van der Waals surface area contributed by atoms with Crippen LogP contribution in [-0.4, -0.2) is 5.78 Å². The molecule has 2 aliphatic carbocycles. The molecule has 3 nitrogen and oxygen atoms in total. The number of para-hydroxylation sites is 1. The summed E-state index contributed by atoms with van der Waals surface area (Å²) in [4.78, 5) is 17.3. The van der Waals surface area contributed by atoms with E-state index in [4.69, 9.17) is 9.41 Å². The molecular formula is C19H13NO2. The summed E-state index contributed by atoms with van der Waals surface area (Å²) in [5.41, 5.74) is 4.03. The number of ketones is 1. The molecule has 1 aromatic carbocycles. The van der Waals surface area contributed by atoms with Crippen molar-refractivity contribution in [3.8, 4) is 0 Å². The number of nitrogens with zero attached hydrogens (tertiary/aromatic N) is 1. The first-order valence-electron chi connectivity index (χ1n) is 7.51. The van der Waals surface area contributed by atoms with Crippen LogP contribution in [0.1, 0.15) is 24.5 Å². The van der Waals surface area contributed by atoms with Crippen LogP contribution in [0.2, 0.25) is 0 Å². The van der Waals surface area contributed by atoms with Gasteiger partial charge < -0.3 is 4.42 Å². The van der Waals surface area contributed by atoms with E-state index >= 15 is 0 Å². The van der Waals surface area contributed by atoms with E-state index in [0.717, 1.165) is 45.2 Å². The van der Waals surface area contributed by atoms with Crippen LogP contribution in [0.3, 0.4) is 0 Å². The molecule has 0 spiro atoms. The molecule has 1 unspecified atom stereocenters. The molecule has 2 aromatic rings. The Balaban J connectivity index is 1.70. The number of fused-ring (bicyclic) bond motifs is 3. The quantitative estimate of drug-likeness (QED) is 0.808. The van der Waals surface area contributed by atoms with E-state index in [2.05, 4.69) is 6.07 Å². The molecule has 2 heterocycles. The van der Waals surface area contributed by atoms with Crippen molar-refractivity contribution in [2.45, 2.75) is 18.8 Å². The lowest BCUT2D eigenvalue weighted by molar-refractivity contribution is -0.116. The molecule has 1 saturated carbocycles. The predicted octanol–water partition coefficient (Wildman–Crippen LogP) is 2.40. The second kappa shape index (κ2) is 4.17. The van der Waals surface area contributed by atoms with Crippen molar-refractivity contribution in [1.29, 1.82) is 0 Å². The van der Waals surface area contributed by atoms with E-state index in [1.807, 2.05) is 36.4 Å². The van der Waals surface area contributed by atoms with Crippen LogP contribution in [0.15, 0.2) is 75.0 Å². The Labute approximate surface area is 127 Å². The SMILES string of the molecule is O=C1CC(c2ccco2)CC2=C3N=c4ccccc4=C3C=C12. The molecule has 0 saturated heterocycles. The highest BCUT2D eigenvalue weighted by Gasteiger charge is 2.36. The van der Waals surface area contributed by atoms with Crippen molar-refractivity contribution < 1.29 is 9.21 Å². The lowest BCUT2D eigenvalue weighted by atomic mass is 9.81. The Bertz CT molecular complexity index is 990. The maximum absolute atomic E-state index is 12.5. The van der Waals surface area contributed by atoms with E-state index in [1.165, 1.54) is 0 Å². The molecule has 0 radical (unpaired) electrons. The summed E-state index contributed by atoms with van der Waals surface area (Å²) in [6.45, 7) is 0. The van der Waals surface area contributed by atoms with Crippen LogP contribution in [0.5, 0.6) is 0 Å². The molecule has 1 aliphatic heterocycles. The van der Waals surface area contributed by atoms with Crippen molar-refractivity contribution in [2.75, 3.05) is 0 Å². The third kappa shape index (κ3) is 1.51. The number of rotatable bonds is 1. The second-order valence-corrected chi connectivity index (χ2v) is 5.97. The van der Waals surface area contributed by atoms with Crippen LogP contribution in [-0.2, 0) is 4.79 Å². The van der Waals surface area contributed by atoms with Gasteiger partial charge in [-0.1, -0.05) is 18.2 Å². The van der Waals surface area contributed by atoms with Gasteiger partial charge in [-0.15, -0.1) is 0 Å². The molecule has 106 valence electrons. The normalized spacial score (nSPS) is 22.2. The van der Waals surface area contributed by atoms with Crippen LogP contribution >= 0.6 is 0 Å². The molecule has 1 aromatic heterocycles. The van der Waals surface area contributed by atoms with Gasteiger partial charge in [0, 0.05) is 28.7 Å². The van der Waals surface area contributed by atoms with Crippen molar-refractivity contribution in [3.63, 3.8) is 0 Å². The highest BCUT2D eigenvalue weighted by atomic mass is 16.3. The van der Waals surface area contributed by atoms with E-state index in [1.54, 1.807) is 6.26 Å². The third-order valence-electron chi connectivity index (χ3n) is 4.71. The van der Waals surface area contributed by atoms with Crippen LogP contribution < -0.4 is 10.6 Å². The minimum absolute atomic E-state index is 0.125. The summed E-state index contributed by atoms with van der Waals surface area (Å²) in [5, 5.41) is 2.14. The molecule has 3 heteroatoms. The van der Waals surface area contributed by atoms with Gasteiger partial charge in [-0.3, -0.25) is 4.79 Å². The summed E-state index contributed by atoms with van der Waals surface area (Å²) < 4.78 is 5.51. The summed E-state index contributed by atoms with van der Waals surface area (Å²) in [6, 6.07) is 11.9. The predicted molar refractivity (Wildman–Crippen MR) is 81.4 cm³/mol. The van der Waals surface area contributed by atoms with Gasteiger partial charge in [-0.05, 0) is 36.3 Å². The topological polar surface area (TPSA) is 42.6 Å². The first kappa shape index (κ1) is 11.9. The number of allylic oxidation sites excluding steroid dienone is 3. The number of carbonyl (C=O) groups is 1. The average molecular weight is 287 g/mol. The number of hydrogen-bond acceptors (Lipinski definition) is 3. The van der Waals surface area contributed by atoms with E-state index in [9.17, 15) is 4.79 Å². The Morgan fingerprint density at radius 3 is 2.86 bits per heavy atom. The summed E-state index contributed by atoms with van der Waals surface area (Å²) in [6.07, 6.45) is 5.04. The number of benzene rings is 1. The fraction of sp³-hybridized carbons (Fsp3) is 0.158. The first-order chi connectivity index (χ1) is 10.8. The Kier molecular flexibility index (Phi) is 2.26. The number of hydrogen-bond donors (Lipinski definition) is 0. The number of furan rings is 1. The number of carbonyl (C=O) groups excluding carboxylic acids is 1. The summed E-state index contributed by atoms with van der Waals surface area (Å²) in [7, 11) is 0. The van der Waals surface area contributed by atoms with E-state index in [-0.39, 0.29) is 11.7 Å². The molecule has 0 bridgehead atoms. The standard InChI is InChI=1S/C19H13NO2/c21-17-9-11(18-6-3-7-22-18)8-14-13(17)10-15-12-4-1-2-5-16(12)20-19(14)15/h1-7,10-11H,8-9H2. The molecule has 1 fully saturated rings. The van der Waals surface area contributed by atoms with Gasteiger partial charge >= 0.3 is 0 Å². The zero-order valence-electron chi connectivity index (χ0n) is 11.9. The Morgan fingerprint density at radius 1 is 1.09 bits per heavy atom. The Hall–Kier alpha value is -2.68. The van der Waals surface area contributed by atoms with Gasteiger partial charge in [-0.2, -0.15) is 0 Å². The van der Waals surface area contributed by atoms with Crippen molar-refractivity contribution in [2.24, 2.45) is 4.99 Å². The summed E-state index contributed by atoms with van der Waals surface area (Å²) >= 11 is 0. The maximum atomic E-state index is 12.5. The molecule has 0 N–H and O–H groups in total. The molecular weight excluding hydrogens is 274 g/mol. The zero-order chi connectivity index (χ0) is 14.7. The van der Waals surface area contributed by atoms with Crippen molar-refractivity contribution in [1.82, 2.24) is 0 Å². The largest absolute Gasteiger partial charge is 0.469 e. The van der Waals surface area contributed by atoms with Crippen LogP contribution in [0.25, 0.3) is 5.57 Å². The lowest BCUT2D eigenvalue weighted by Gasteiger charge is -2.22. The fourth-order valence-corrected chi connectivity index (χ4v) is 3.67. The van der Waals surface area contributed by atoms with E-state index in [0.29, 0.717) is 6.42 Å². The molecule has 3 aliphatic rings. The minimum atomic E-state index is 0.125. The molecule has 5 rings (SSSR count). The molecule has 0 amide bonds. The van der Waals surface area contributed by atoms with Gasteiger partial charge in [0.25, 0.3) is 0 Å². The highest BCUT2D eigenvalue weighted by Crippen LogP contribution is 2.44. The van der Waals surface area contributed by atoms with Crippen LogP contribution in [0, 0.1) is 0 Å². The Morgan fingerprint density at radius 2 is 2.00 bits per heavy atom. The van der Waals surface area contributed by atoms with Gasteiger partial charge in [0.2, 0.25) is 0 Å². The van der Waals surface area contributed by atoms with Crippen molar-refractivity contribution >= 4 is 11.4 Å². The lowest BCUT2D eigenvalue weighted by Crippen LogP contribution is -2.22. The molecule has 22 heavy (non-hydrogen) atoms. The third-order valence-corrected chi connectivity index (χ3v) is 4.71. The monoisotopic (exact) mass is 287 g/mol. The van der Waals surface area contributed by atoms with Gasteiger partial charge in [0.05, 0.1) is 17.3 Å². The molecule has 1 atom stereocenters. The highest BCUT2D eigenvalue weighted by molar-refractivity contribution is 6.07. The second-order valence-electron chi connectivity index (χ2n) is 5.97. The van der Waals surface area contributed by atoms with Gasteiger partial charge in [0.15, 0.2) is 5.78 Å². The van der Waals surface area contributed by atoms with Crippen LogP contribution in [0.4, 0.5) is 0 Å². The van der Waals surface area contributed by atoms with Crippen molar-refractivity contribution in [3.05, 3.63) is 81.9 Å². The number of Topliss-reactive ketones (excluding diaryl/α,β-unsaturated/α-hetero) is 1. The van der Waals surface area contributed by atoms with E-state index < -0.39 is 0 Å². The minimum Gasteiger partial charge on any atom is -0.469 e. The average Bonchev–Trinajstić information content (AvgIpc) is 3.22. The van der Waals surface area contributed by atoms with Gasteiger partial charge in [0.1, 0.15) is 5.76 Å². The maximum Gasteiger partial charge on any atom is 0.163 e. The zero-order valence-corrected chi connectivity index (χ0v) is 11.9. The summed E-state index contributed by atoms with van der Waals surface area (Å²) in [5.74, 6) is 1.22. The first-order valence-corrected chi connectivity index (χ1v) is 7.51. The fourth-order valence-electron chi connectivity index (χ4n) is 3.67.